The van der Waals surface area contributed by atoms with Gasteiger partial charge in [-0.2, -0.15) is 0 Å². The summed E-state index contributed by atoms with van der Waals surface area (Å²) in [6.07, 6.45) is 4.67. The molecule has 0 aliphatic heterocycles. The van der Waals surface area contributed by atoms with Crippen LogP contribution in [0, 0.1) is 3.57 Å². The smallest absolute Gasteiger partial charge is 0.162 e. The molecule has 0 saturated heterocycles. The van der Waals surface area contributed by atoms with E-state index < -0.39 is 0 Å². The highest BCUT2D eigenvalue weighted by Crippen LogP contribution is 2.31. The molecular formula is C13H22IN3O. The van der Waals surface area contributed by atoms with Crippen LogP contribution in [0.4, 0.5) is 5.82 Å². The first-order valence-electron chi connectivity index (χ1n) is 6.45. The topological polar surface area (TPSA) is 47.0 Å². The maximum atomic E-state index is 5.67. The number of methoxy groups -OCH3 is 1. The third kappa shape index (κ3) is 3.32. The van der Waals surface area contributed by atoms with Gasteiger partial charge in [0, 0.05) is 19.9 Å². The van der Waals surface area contributed by atoms with E-state index in [1.807, 2.05) is 6.20 Å². The van der Waals surface area contributed by atoms with Crippen LogP contribution in [-0.4, -0.2) is 23.6 Å². The first kappa shape index (κ1) is 15.6. The van der Waals surface area contributed by atoms with Crippen molar-refractivity contribution in [3.63, 3.8) is 0 Å². The quantitative estimate of drug-likeness (QED) is 0.753. The second-order valence-corrected chi connectivity index (χ2v) is 5.38. The summed E-state index contributed by atoms with van der Waals surface area (Å²) in [7, 11) is 1.73. The molecule has 0 unspecified atom stereocenters. The summed E-state index contributed by atoms with van der Waals surface area (Å²) in [6.45, 7) is 7.27. The number of halogens is 1. The van der Waals surface area contributed by atoms with Gasteiger partial charge >= 0.3 is 0 Å². The van der Waals surface area contributed by atoms with Gasteiger partial charge in [-0.05, 0) is 41.9 Å². The lowest BCUT2D eigenvalue weighted by Gasteiger charge is -2.28. The number of nitrogens with one attached hydrogen (secondary N) is 1. The summed E-state index contributed by atoms with van der Waals surface area (Å²) in [6, 6.07) is 0. The predicted octanol–water partition coefficient (Wildman–Crippen LogP) is 3.56. The summed E-state index contributed by atoms with van der Waals surface area (Å²) in [5.41, 5.74) is -0.368. The Morgan fingerprint density at radius 1 is 1.33 bits per heavy atom. The molecule has 18 heavy (non-hydrogen) atoms. The molecule has 0 amide bonds. The van der Waals surface area contributed by atoms with Crippen molar-refractivity contribution in [1.82, 2.24) is 9.97 Å². The van der Waals surface area contributed by atoms with E-state index in [9.17, 15) is 0 Å². The number of ether oxygens (including phenoxy) is 1. The van der Waals surface area contributed by atoms with Crippen LogP contribution >= 0.6 is 22.6 Å². The molecule has 1 N–H and O–H groups in total. The number of hydrogen-bond acceptors (Lipinski definition) is 4. The molecule has 4 nitrogen and oxygen atoms in total. The third-order valence-corrected chi connectivity index (χ3v) is 4.02. The molecule has 1 aromatic rings. The molecule has 0 radical (unpaired) electrons. The normalized spacial score (nSPS) is 11.6. The number of anilines is 1. The average Bonchev–Trinajstić information content (AvgIpc) is 2.41. The lowest BCUT2D eigenvalue weighted by atomic mass is 9.96. The van der Waals surface area contributed by atoms with E-state index >= 15 is 0 Å². The van der Waals surface area contributed by atoms with Gasteiger partial charge in [-0.1, -0.05) is 20.8 Å². The first-order valence-corrected chi connectivity index (χ1v) is 7.53. The van der Waals surface area contributed by atoms with Crippen molar-refractivity contribution in [2.45, 2.75) is 45.6 Å². The molecule has 1 rings (SSSR count). The van der Waals surface area contributed by atoms with Crippen molar-refractivity contribution in [1.29, 1.82) is 0 Å². The summed E-state index contributed by atoms with van der Waals surface area (Å²) in [4.78, 5) is 9.09. The molecule has 0 aliphatic rings. The van der Waals surface area contributed by atoms with E-state index in [0.717, 1.165) is 41.0 Å². The Morgan fingerprint density at radius 3 is 2.50 bits per heavy atom. The molecule has 0 atom stereocenters. The van der Waals surface area contributed by atoms with Crippen LogP contribution in [0.15, 0.2) is 6.20 Å². The Morgan fingerprint density at radius 2 is 2.00 bits per heavy atom. The predicted molar refractivity (Wildman–Crippen MR) is 82.8 cm³/mol. The lowest BCUT2D eigenvalue weighted by molar-refractivity contribution is -0.0290. The number of aromatic nitrogens is 2. The standard InChI is InChI=1S/C13H22IN3O/c1-5-8-15-11-10(14)9-16-12(17-11)13(6-2,7-3)18-4/h9H,5-8H2,1-4H3,(H,15,16,17). The van der Waals surface area contributed by atoms with E-state index in [0.29, 0.717) is 0 Å². The van der Waals surface area contributed by atoms with Gasteiger partial charge in [0.15, 0.2) is 5.82 Å². The third-order valence-electron chi connectivity index (χ3n) is 3.23. The van der Waals surface area contributed by atoms with Gasteiger partial charge in [-0.3, -0.25) is 0 Å². The minimum absolute atomic E-state index is 0.368. The molecule has 0 spiro atoms. The second-order valence-electron chi connectivity index (χ2n) is 4.22. The molecular weight excluding hydrogens is 341 g/mol. The van der Waals surface area contributed by atoms with Gasteiger partial charge in [-0.15, -0.1) is 0 Å². The van der Waals surface area contributed by atoms with Gasteiger partial charge in [0.2, 0.25) is 0 Å². The largest absolute Gasteiger partial charge is 0.370 e. The van der Waals surface area contributed by atoms with E-state index in [1.165, 1.54) is 0 Å². The van der Waals surface area contributed by atoms with E-state index in [4.69, 9.17) is 4.74 Å². The fourth-order valence-corrected chi connectivity index (χ4v) is 2.35. The summed E-state index contributed by atoms with van der Waals surface area (Å²) in [5.74, 6) is 1.68. The molecule has 0 fully saturated rings. The number of rotatable bonds is 7. The molecule has 102 valence electrons. The molecule has 0 bridgehead atoms. The van der Waals surface area contributed by atoms with Crippen LogP contribution in [0.2, 0.25) is 0 Å². The highest BCUT2D eigenvalue weighted by atomic mass is 127. The number of nitrogens with zero attached hydrogens (tertiary/aromatic N) is 2. The van der Waals surface area contributed by atoms with Gasteiger partial charge in [0.1, 0.15) is 11.4 Å². The fourth-order valence-electron chi connectivity index (χ4n) is 1.90. The summed E-state index contributed by atoms with van der Waals surface area (Å²) in [5, 5.41) is 3.33. The molecule has 0 saturated carbocycles. The Kier molecular flexibility index (Phi) is 6.28. The van der Waals surface area contributed by atoms with Crippen molar-refractivity contribution in [2.24, 2.45) is 0 Å². The van der Waals surface area contributed by atoms with Gasteiger partial charge < -0.3 is 10.1 Å². The van der Waals surface area contributed by atoms with Crippen LogP contribution in [0.5, 0.6) is 0 Å². The van der Waals surface area contributed by atoms with Gasteiger partial charge in [0.25, 0.3) is 0 Å². The molecule has 0 aromatic carbocycles. The van der Waals surface area contributed by atoms with Crippen molar-refractivity contribution in [3.05, 3.63) is 15.6 Å². The van der Waals surface area contributed by atoms with E-state index in [2.05, 4.69) is 58.6 Å². The minimum atomic E-state index is -0.368. The van der Waals surface area contributed by atoms with Crippen LogP contribution in [-0.2, 0) is 10.3 Å². The Hall–Kier alpha value is -0.430. The van der Waals surface area contributed by atoms with Crippen molar-refractivity contribution in [2.75, 3.05) is 19.0 Å². The Bertz CT molecular complexity index is 372. The maximum Gasteiger partial charge on any atom is 0.162 e. The minimum Gasteiger partial charge on any atom is -0.370 e. The van der Waals surface area contributed by atoms with Gasteiger partial charge in [0.05, 0.1) is 3.57 Å². The molecule has 1 aromatic heterocycles. The SMILES string of the molecule is CCCNc1nc(C(CC)(CC)OC)ncc1I. The summed E-state index contributed by atoms with van der Waals surface area (Å²) >= 11 is 2.25. The van der Waals surface area contributed by atoms with Gasteiger partial charge in [-0.25, -0.2) is 9.97 Å². The highest BCUT2D eigenvalue weighted by molar-refractivity contribution is 14.1. The van der Waals surface area contributed by atoms with Crippen LogP contribution < -0.4 is 5.32 Å². The first-order chi connectivity index (χ1) is 8.63. The zero-order valence-electron chi connectivity index (χ0n) is 11.6. The Labute approximate surface area is 123 Å². The van der Waals surface area contributed by atoms with Crippen molar-refractivity contribution >= 4 is 28.4 Å². The maximum absolute atomic E-state index is 5.67. The summed E-state index contributed by atoms with van der Waals surface area (Å²) < 4.78 is 6.71. The molecule has 5 heteroatoms. The zero-order valence-corrected chi connectivity index (χ0v) is 13.7. The Balaban J connectivity index is 3.09. The van der Waals surface area contributed by atoms with Crippen LogP contribution in [0.3, 0.4) is 0 Å². The number of hydrogen-bond donors (Lipinski definition) is 1. The van der Waals surface area contributed by atoms with Crippen LogP contribution in [0.1, 0.15) is 45.9 Å². The monoisotopic (exact) mass is 363 g/mol. The van der Waals surface area contributed by atoms with Crippen molar-refractivity contribution < 1.29 is 4.74 Å². The van der Waals surface area contributed by atoms with E-state index in [-0.39, 0.29) is 5.60 Å². The highest BCUT2D eigenvalue weighted by Gasteiger charge is 2.31. The van der Waals surface area contributed by atoms with Crippen molar-refractivity contribution in [3.8, 4) is 0 Å². The average molecular weight is 363 g/mol. The second kappa shape index (κ2) is 7.23. The zero-order chi connectivity index (χ0) is 13.6. The molecule has 0 aliphatic carbocycles. The lowest BCUT2D eigenvalue weighted by Crippen LogP contribution is -2.30. The van der Waals surface area contributed by atoms with E-state index in [1.54, 1.807) is 7.11 Å². The van der Waals surface area contributed by atoms with Crippen LogP contribution in [0.25, 0.3) is 0 Å². The fraction of sp³-hybridized carbons (Fsp3) is 0.692. The molecule has 1 heterocycles.